The van der Waals surface area contributed by atoms with Gasteiger partial charge in [-0.25, -0.2) is 4.68 Å². The van der Waals surface area contributed by atoms with Crippen LogP contribution >= 0.6 is 15.9 Å². The van der Waals surface area contributed by atoms with E-state index >= 15 is 0 Å². The molecular formula is C14H8BrN5O4. The number of nitro benzene ring substituents is 2. The lowest BCUT2D eigenvalue weighted by atomic mass is 10.1. The molecule has 0 aliphatic rings. The van der Waals surface area contributed by atoms with E-state index in [-0.39, 0.29) is 11.4 Å². The van der Waals surface area contributed by atoms with E-state index in [1.54, 1.807) is 18.2 Å². The quantitative estimate of drug-likeness (QED) is 0.497. The summed E-state index contributed by atoms with van der Waals surface area (Å²) >= 11 is 3.29. The minimum Gasteiger partial charge on any atom is -0.258 e. The Morgan fingerprint density at radius 3 is 2.17 bits per heavy atom. The van der Waals surface area contributed by atoms with E-state index < -0.39 is 9.85 Å². The molecule has 1 aromatic heterocycles. The van der Waals surface area contributed by atoms with Crippen LogP contribution in [0.2, 0.25) is 0 Å². The number of non-ortho nitro benzene ring substituents is 2. The number of hydrogen-bond acceptors (Lipinski definition) is 6. The normalized spacial score (nSPS) is 10.5. The van der Waals surface area contributed by atoms with Crippen LogP contribution in [-0.2, 0) is 0 Å². The van der Waals surface area contributed by atoms with Crippen molar-refractivity contribution in [1.82, 2.24) is 15.0 Å². The van der Waals surface area contributed by atoms with Crippen LogP contribution in [0.3, 0.4) is 0 Å². The summed E-state index contributed by atoms with van der Waals surface area (Å²) in [4.78, 5) is 20.6. The molecule has 0 amide bonds. The zero-order valence-corrected chi connectivity index (χ0v) is 13.5. The third kappa shape index (κ3) is 2.86. The zero-order chi connectivity index (χ0) is 17.3. The number of hydrogen-bond donors (Lipinski definition) is 0. The second-order valence-corrected chi connectivity index (χ2v) is 5.58. The molecule has 120 valence electrons. The SMILES string of the molecule is O=[N+]([O-])c1ccc(-c2cnnn2-c2ccc([N+](=O)[O-])cc2Br)cc1. The molecule has 24 heavy (non-hydrogen) atoms. The van der Waals surface area contributed by atoms with Crippen LogP contribution < -0.4 is 0 Å². The highest BCUT2D eigenvalue weighted by molar-refractivity contribution is 9.10. The average Bonchev–Trinajstić information content (AvgIpc) is 3.04. The van der Waals surface area contributed by atoms with Gasteiger partial charge in [0.2, 0.25) is 0 Å². The number of rotatable bonds is 4. The van der Waals surface area contributed by atoms with Gasteiger partial charge in [-0.05, 0) is 34.1 Å². The van der Waals surface area contributed by atoms with Crippen molar-refractivity contribution in [1.29, 1.82) is 0 Å². The fourth-order valence-corrected chi connectivity index (χ4v) is 2.68. The fourth-order valence-electron chi connectivity index (χ4n) is 2.14. The Morgan fingerprint density at radius 1 is 0.958 bits per heavy atom. The van der Waals surface area contributed by atoms with Crippen molar-refractivity contribution in [2.45, 2.75) is 0 Å². The number of aromatic nitrogens is 3. The molecular weight excluding hydrogens is 382 g/mol. The summed E-state index contributed by atoms with van der Waals surface area (Å²) in [7, 11) is 0. The fraction of sp³-hybridized carbons (Fsp3) is 0. The molecule has 0 saturated carbocycles. The van der Waals surface area contributed by atoms with Crippen LogP contribution in [0.5, 0.6) is 0 Å². The molecule has 0 unspecified atom stereocenters. The highest BCUT2D eigenvalue weighted by atomic mass is 79.9. The van der Waals surface area contributed by atoms with E-state index in [1.807, 2.05) is 0 Å². The maximum Gasteiger partial charge on any atom is 0.270 e. The zero-order valence-electron chi connectivity index (χ0n) is 11.9. The van der Waals surface area contributed by atoms with Gasteiger partial charge in [0.1, 0.15) is 0 Å². The molecule has 2 aromatic carbocycles. The molecule has 9 nitrogen and oxygen atoms in total. The minimum atomic E-state index is -0.493. The predicted octanol–water partition coefficient (Wildman–Crippen LogP) is 3.51. The van der Waals surface area contributed by atoms with E-state index in [2.05, 4.69) is 26.2 Å². The summed E-state index contributed by atoms with van der Waals surface area (Å²) in [5.41, 5.74) is 1.76. The predicted molar refractivity (Wildman–Crippen MR) is 87.8 cm³/mol. The topological polar surface area (TPSA) is 117 Å². The standard InChI is InChI=1S/C14H8BrN5O4/c15-12-7-11(20(23)24)5-6-13(12)18-14(8-16-17-18)9-1-3-10(4-2-9)19(21)22/h1-8H. The highest BCUT2D eigenvalue weighted by Gasteiger charge is 2.15. The summed E-state index contributed by atoms with van der Waals surface area (Å²) < 4.78 is 1.97. The first-order chi connectivity index (χ1) is 11.5. The third-order valence-corrected chi connectivity index (χ3v) is 3.93. The van der Waals surface area contributed by atoms with Crippen LogP contribution in [0.1, 0.15) is 0 Å². The molecule has 0 fully saturated rings. The van der Waals surface area contributed by atoms with Gasteiger partial charge in [0.25, 0.3) is 11.4 Å². The number of halogens is 1. The van der Waals surface area contributed by atoms with Gasteiger partial charge < -0.3 is 0 Å². The first-order valence-electron chi connectivity index (χ1n) is 6.57. The van der Waals surface area contributed by atoms with Gasteiger partial charge in [-0.2, -0.15) is 0 Å². The third-order valence-electron chi connectivity index (χ3n) is 3.29. The highest BCUT2D eigenvalue weighted by Crippen LogP contribution is 2.29. The Balaban J connectivity index is 2.05. The van der Waals surface area contributed by atoms with Gasteiger partial charge in [-0.1, -0.05) is 5.21 Å². The Morgan fingerprint density at radius 2 is 1.58 bits per heavy atom. The van der Waals surface area contributed by atoms with Gasteiger partial charge in [-0.3, -0.25) is 20.2 Å². The summed E-state index contributed by atoms with van der Waals surface area (Å²) in [6, 6.07) is 10.2. The Kier molecular flexibility index (Phi) is 4.04. The van der Waals surface area contributed by atoms with E-state index in [0.29, 0.717) is 21.4 Å². The Labute approximate surface area is 143 Å². The van der Waals surface area contributed by atoms with Crippen molar-refractivity contribution in [3.8, 4) is 16.9 Å². The van der Waals surface area contributed by atoms with Crippen LogP contribution in [0.25, 0.3) is 16.9 Å². The van der Waals surface area contributed by atoms with E-state index in [0.717, 1.165) is 0 Å². The van der Waals surface area contributed by atoms with E-state index in [1.165, 1.54) is 35.1 Å². The lowest BCUT2D eigenvalue weighted by Gasteiger charge is -2.08. The van der Waals surface area contributed by atoms with Crippen LogP contribution in [0, 0.1) is 20.2 Å². The lowest BCUT2D eigenvalue weighted by molar-refractivity contribution is -0.385. The Hall–Kier alpha value is -3.14. The van der Waals surface area contributed by atoms with Crippen molar-refractivity contribution in [3.05, 3.63) is 73.4 Å². The monoisotopic (exact) mass is 389 g/mol. The summed E-state index contributed by atoms with van der Waals surface area (Å²) in [5, 5.41) is 29.4. The molecule has 10 heteroatoms. The lowest BCUT2D eigenvalue weighted by Crippen LogP contribution is -2.01. The second-order valence-electron chi connectivity index (χ2n) is 4.73. The molecule has 0 spiro atoms. The maximum absolute atomic E-state index is 10.8. The van der Waals surface area contributed by atoms with Crippen molar-refractivity contribution in [2.24, 2.45) is 0 Å². The van der Waals surface area contributed by atoms with Crippen molar-refractivity contribution >= 4 is 27.3 Å². The molecule has 0 atom stereocenters. The molecule has 0 aliphatic heterocycles. The number of benzene rings is 2. The van der Waals surface area contributed by atoms with Crippen LogP contribution in [-0.4, -0.2) is 24.8 Å². The van der Waals surface area contributed by atoms with Crippen molar-refractivity contribution in [2.75, 3.05) is 0 Å². The summed E-state index contributed by atoms with van der Waals surface area (Å²) in [6.07, 6.45) is 1.51. The first-order valence-corrected chi connectivity index (χ1v) is 7.36. The molecule has 3 rings (SSSR count). The van der Waals surface area contributed by atoms with Crippen molar-refractivity contribution in [3.63, 3.8) is 0 Å². The van der Waals surface area contributed by atoms with Gasteiger partial charge in [0.05, 0.1) is 31.9 Å². The minimum absolute atomic E-state index is 0.0192. The molecule has 0 radical (unpaired) electrons. The smallest absolute Gasteiger partial charge is 0.258 e. The molecule has 0 N–H and O–H groups in total. The summed E-state index contributed by atoms with van der Waals surface area (Å²) in [6.45, 7) is 0. The average molecular weight is 390 g/mol. The largest absolute Gasteiger partial charge is 0.270 e. The van der Waals surface area contributed by atoms with E-state index in [9.17, 15) is 20.2 Å². The Bertz CT molecular complexity index is 939. The second kappa shape index (κ2) is 6.16. The first kappa shape index (κ1) is 15.7. The molecule has 3 aromatic rings. The maximum atomic E-state index is 10.8. The molecule has 0 bridgehead atoms. The summed E-state index contributed by atoms with van der Waals surface area (Å²) in [5.74, 6) is 0. The van der Waals surface area contributed by atoms with E-state index in [4.69, 9.17) is 0 Å². The molecule has 0 aliphatic carbocycles. The van der Waals surface area contributed by atoms with Crippen LogP contribution in [0.15, 0.2) is 53.1 Å². The van der Waals surface area contributed by atoms with Gasteiger partial charge >= 0.3 is 0 Å². The van der Waals surface area contributed by atoms with Gasteiger partial charge in [-0.15, -0.1) is 5.10 Å². The number of nitro groups is 2. The van der Waals surface area contributed by atoms with Gasteiger partial charge in [0.15, 0.2) is 0 Å². The van der Waals surface area contributed by atoms with Crippen LogP contribution in [0.4, 0.5) is 11.4 Å². The number of nitrogens with zero attached hydrogens (tertiary/aromatic N) is 5. The van der Waals surface area contributed by atoms with Crippen molar-refractivity contribution < 1.29 is 9.85 Å². The van der Waals surface area contributed by atoms with Gasteiger partial charge in [0, 0.05) is 29.8 Å². The molecule has 0 saturated heterocycles. The molecule has 1 heterocycles.